The van der Waals surface area contributed by atoms with E-state index >= 15 is 0 Å². The Morgan fingerprint density at radius 2 is 1.21 bits per heavy atom. The number of carbonyl (C=O) groups excluding carboxylic acids is 1. The Morgan fingerprint density at radius 3 is 1.75 bits per heavy atom. The molecule has 0 aliphatic heterocycles. The highest BCUT2D eigenvalue weighted by Crippen LogP contribution is 2.43. The molecule has 0 aromatic rings. The van der Waals surface area contributed by atoms with E-state index in [0.29, 0.717) is 36.7 Å². The number of hydrogen-bond donors (Lipinski definition) is 1. The molecule has 53 heavy (non-hydrogen) atoms. The zero-order valence-electron chi connectivity index (χ0n) is 43.4. The van der Waals surface area contributed by atoms with Crippen molar-refractivity contribution < 1.29 is 49.6 Å². The van der Waals surface area contributed by atoms with Crippen molar-refractivity contribution in [3.63, 3.8) is 0 Å². The van der Waals surface area contributed by atoms with E-state index in [1.165, 1.54) is 83.5 Å². The summed E-state index contributed by atoms with van der Waals surface area (Å²) >= 11 is 0. The lowest BCUT2D eigenvalue weighted by molar-refractivity contribution is -0.870. The fraction of sp³-hybridized carbons (Fsp3) is 0.886. The SMILES string of the molecule is [2H]C([2H])([2H])C([2H])([2H])C([2H])([2H])C([2H])([2H])CCCC/C=C\CCCCCCCC(=O)O[C@H](CO/C=C\CCCCCCCCCCCCCCCC)COP(=O)(O)OCC[N+](C)(C)C. The molecule has 314 valence electrons. The van der Waals surface area contributed by atoms with Crippen molar-refractivity contribution in [2.75, 3.05) is 47.5 Å². The minimum absolute atomic E-state index is 0.0228. The average Bonchev–Trinajstić information content (AvgIpc) is 3.16. The summed E-state index contributed by atoms with van der Waals surface area (Å²) < 4.78 is 104. The first kappa shape index (κ1) is 37.4. The quantitative estimate of drug-likeness (QED) is 0.0165. The lowest BCUT2D eigenvalue weighted by atomic mass is 10.0. The van der Waals surface area contributed by atoms with Crippen LogP contribution in [0.1, 0.15) is 212 Å². The van der Waals surface area contributed by atoms with Gasteiger partial charge in [-0.2, -0.15) is 0 Å². The van der Waals surface area contributed by atoms with Crippen LogP contribution in [0.3, 0.4) is 0 Å². The van der Waals surface area contributed by atoms with Gasteiger partial charge in [-0.3, -0.25) is 13.8 Å². The molecule has 0 aliphatic carbocycles. The van der Waals surface area contributed by atoms with Gasteiger partial charge in [-0.05, 0) is 51.0 Å². The first-order chi connectivity index (χ1) is 29.0. The molecule has 8 nitrogen and oxygen atoms in total. The molecule has 0 aromatic carbocycles. The van der Waals surface area contributed by atoms with Gasteiger partial charge in [0.05, 0.1) is 34.0 Å². The van der Waals surface area contributed by atoms with Crippen molar-refractivity contribution >= 4 is 13.8 Å². The number of rotatable bonds is 41. The van der Waals surface area contributed by atoms with Crippen LogP contribution < -0.4 is 0 Å². The van der Waals surface area contributed by atoms with Crippen LogP contribution in [0.5, 0.6) is 0 Å². The van der Waals surface area contributed by atoms with Gasteiger partial charge in [0.25, 0.3) is 0 Å². The highest BCUT2D eigenvalue weighted by atomic mass is 31.2. The van der Waals surface area contributed by atoms with Crippen molar-refractivity contribution in [2.24, 2.45) is 0 Å². The third kappa shape index (κ3) is 41.8. The molecule has 0 spiro atoms. The van der Waals surface area contributed by atoms with Crippen LogP contribution in [0, 0.1) is 0 Å². The van der Waals surface area contributed by atoms with E-state index in [-0.39, 0.29) is 32.7 Å². The minimum atomic E-state index is -4.36. The van der Waals surface area contributed by atoms with Crippen LogP contribution in [-0.2, 0) is 27.9 Å². The molecule has 0 amide bonds. The van der Waals surface area contributed by atoms with Crippen LogP contribution in [0.4, 0.5) is 0 Å². The zero-order chi connectivity index (χ0) is 47.0. The van der Waals surface area contributed by atoms with Crippen molar-refractivity contribution in [3.8, 4) is 0 Å². The molecule has 0 saturated heterocycles. The predicted molar refractivity (Wildman–Crippen MR) is 224 cm³/mol. The van der Waals surface area contributed by atoms with Gasteiger partial charge in [0.2, 0.25) is 0 Å². The zero-order valence-corrected chi connectivity index (χ0v) is 35.3. The summed E-state index contributed by atoms with van der Waals surface area (Å²) in [5.74, 6) is -0.435. The Morgan fingerprint density at radius 1 is 0.698 bits per heavy atom. The first-order valence-electron chi connectivity index (χ1n) is 25.5. The van der Waals surface area contributed by atoms with Crippen LogP contribution in [-0.4, -0.2) is 69.0 Å². The Kier molecular flexibility index (Phi) is 26.6. The molecule has 2 atom stereocenters. The second-order valence-electron chi connectivity index (χ2n) is 15.3. The Bertz CT molecular complexity index is 1250. The van der Waals surface area contributed by atoms with Crippen molar-refractivity contribution in [2.45, 2.75) is 206 Å². The van der Waals surface area contributed by atoms with Crippen LogP contribution in [0.15, 0.2) is 24.5 Å². The Balaban J connectivity index is 4.46. The molecule has 0 fully saturated rings. The molecule has 0 rings (SSSR count). The molecule has 0 radical (unpaired) electrons. The third-order valence-electron chi connectivity index (χ3n) is 8.93. The van der Waals surface area contributed by atoms with Gasteiger partial charge < -0.3 is 18.9 Å². The van der Waals surface area contributed by atoms with E-state index in [1.54, 1.807) is 6.26 Å². The predicted octanol–water partition coefficient (Wildman–Crippen LogP) is 13.2. The Labute approximate surface area is 341 Å². The van der Waals surface area contributed by atoms with Crippen molar-refractivity contribution in [1.82, 2.24) is 0 Å². The maximum Gasteiger partial charge on any atom is 0.472 e. The summed E-state index contributed by atoms with van der Waals surface area (Å²) in [5.41, 5.74) is 0. The smallest absolute Gasteiger partial charge is 0.472 e. The van der Waals surface area contributed by atoms with Crippen molar-refractivity contribution in [1.29, 1.82) is 0 Å². The monoisotopic (exact) mass is 782 g/mol. The molecule has 9 heteroatoms. The normalized spacial score (nSPS) is 17.5. The molecule has 0 aliphatic rings. The second-order valence-corrected chi connectivity index (χ2v) is 16.7. The molecular formula is C44H87NO7P+. The molecule has 0 bridgehead atoms. The number of ether oxygens (including phenoxy) is 2. The number of unbranched alkanes of at least 4 members (excludes halogenated alkanes) is 21. The van der Waals surface area contributed by atoms with E-state index in [4.69, 9.17) is 30.9 Å². The summed E-state index contributed by atoms with van der Waals surface area (Å²) in [6.07, 6.45) is 23.3. The van der Waals surface area contributed by atoms with Gasteiger partial charge >= 0.3 is 13.8 Å². The van der Waals surface area contributed by atoms with Gasteiger partial charge in [0.1, 0.15) is 19.8 Å². The van der Waals surface area contributed by atoms with Gasteiger partial charge in [-0.1, -0.05) is 161 Å². The number of quaternary nitrogens is 1. The molecule has 0 saturated carbocycles. The summed E-state index contributed by atoms with van der Waals surface area (Å²) in [4.78, 5) is 22.9. The van der Waals surface area contributed by atoms with E-state index in [2.05, 4.69) is 6.92 Å². The lowest BCUT2D eigenvalue weighted by Gasteiger charge is -2.24. The van der Waals surface area contributed by atoms with E-state index < -0.39 is 45.9 Å². The van der Waals surface area contributed by atoms with Crippen LogP contribution in [0.25, 0.3) is 0 Å². The minimum Gasteiger partial charge on any atom is -0.498 e. The van der Waals surface area contributed by atoms with E-state index in [0.717, 1.165) is 44.9 Å². The average molecular weight is 782 g/mol. The van der Waals surface area contributed by atoms with Crippen molar-refractivity contribution in [3.05, 3.63) is 24.5 Å². The number of nitrogens with zero attached hydrogens (tertiary/aromatic N) is 1. The Hall–Kier alpha value is -1.18. The molecular weight excluding hydrogens is 685 g/mol. The number of phosphoric acid groups is 1. The van der Waals surface area contributed by atoms with Gasteiger partial charge in [-0.25, -0.2) is 4.57 Å². The van der Waals surface area contributed by atoms with Crippen LogP contribution in [0.2, 0.25) is 0 Å². The van der Waals surface area contributed by atoms with Gasteiger partial charge in [-0.15, -0.1) is 0 Å². The summed E-state index contributed by atoms with van der Waals surface area (Å²) in [5, 5.41) is 0. The van der Waals surface area contributed by atoms with E-state index in [1.807, 2.05) is 39.4 Å². The molecule has 1 unspecified atom stereocenters. The maximum atomic E-state index is 12.7. The first-order valence-corrected chi connectivity index (χ1v) is 22.5. The van der Waals surface area contributed by atoms with Crippen LogP contribution >= 0.6 is 7.82 Å². The number of allylic oxidation sites excluding steroid dienone is 3. The van der Waals surface area contributed by atoms with Gasteiger partial charge in [0.15, 0.2) is 6.10 Å². The van der Waals surface area contributed by atoms with Gasteiger partial charge in [0, 0.05) is 18.8 Å². The number of likely N-dealkylation sites (N-methyl/N-ethyl adjacent to an activating group) is 1. The maximum absolute atomic E-state index is 12.7. The number of esters is 1. The fourth-order valence-corrected chi connectivity index (χ4v) is 6.38. The van der Waals surface area contributed by atoms with E-state index in [9.17, 15) is 14.3 Å². The lowest BCUT2D eigenvalue weighted by Crippen LogP contribution is -2.37. The fourth-order valence-electron chi connectivity index (χ4n) is 5.64. The molecule has 0 heterocycles. The highest BCUT2D eigenvalue weighted by Gasteiger charge is 2.26. The second kappa shape index (κ2) is 37.7. The third-order valence-corrected chi connectivity index (χ3v) is 9.91. The molecule has 1 N–H and O–H groups in total. The standard InChI is InChI=1S/C44H86NO7P/c1-6-8-10-12-14-16-18-20-22-24-26-28-30-32-34-36-39-49-41-43(42-51-53(47,48)50-40-38-45(3,4)5)52-44(46)37-35-33-31-29-27-25-23-21-19-17-15-13-11-9-7-2/h21,23,36,39,43H,6-20,22,24-35,37-38,40-42H2,1-5H3/p+1/b23-21-,39-36-/t43-/m1/s1/i2D3,7D2,9D2,11D2. The largest absolute Gasteiger partial charge is 0.498 e. The number of phosphoric ester groups is 1. The number of carbonyl (C=O) groups is 1. The number of hydrogen-bond acceptors (Lipinski definition) is 6. The topological polar surface area (TPSA) is 91.3 Å². The summed E-state index contributed by atoms with van der Waals surface area (Å²) in [7, 11) is 1.46. The molecule has 0 aromatic heterocycles. The summed E-state index contributed by atoms with van der Waals surface area (Å²) in [6, 6.07) is 0. The highest BCUT2D eigenvalue weighted by molar-refractivity contribution is 7.47. The summed E-state index contributed by atoms with van der Waals surface area (Å²) in [6.45, 7) is -0.860.